The van der Waals surface area contributed by atoms with Crippen LogP contribution in [0.4, 0.5) is 0 Å². The van der Waals surface area contributed by atoms with Gasteiger partial charge in [0.2, 0.25) is 0 Å². The maximum atomic E-state index is 13.2. The summed E-state index contributed by atoms with van der Waals surface area (Å²) in [6.45, 7) is 7.73. The second-order valence-electron chi connectivity index (χ2n) is 12.4. The van der Waals surface area contributed by atoms with Gasteiger partial charge in [0.1, 0.15) is 11.8 Å². The lowest BCUT2D eigenvalue weighted by Gasteiger charge is -2.67. The van der Waals surface area contributed by atoms with Crippen LogP contribution in [0, 0.1) is 39.9 Å². The normalized spacial score (nSPS) is 59.7. The lowest BCUT2D eigenvalue weighted by molar-refractivity contribution is -0.271. The SMILES string of the molecule is C=C1[C@H]2C[C@@H]3[C@H]4N5C[C@@]6(C)CCC[C@]47[C@H]([C@H]2O)[C@]3(C[C@@]5(O)[C@H]67)[C@@H]1OC(=O)c1ccccc1. The number of piperidine rings is 2. The molecule has 1 aromatic carbocycles. The number of hydrogen-bond donors (Lipinski definition) is 2. The number of ether oxygens (including phenoxy) is 1. The topological polar surface area (TPSA) is 70.0 Å². The third-order valence-electron chi connectivity index (χ3n) is 11.6. The van der Waals surface area contributed by atoms with Crippen LogP contribution in [-0.2, 0) is 4.74 Å². The quantitative estimate of drug-likeness (QED) is 0.554. The van der Waals surface area contributed by atoms with Gasteiger partial charge >= 0.3 is 5.97 Å². The number of fused-ring (bicyclic) bond motifs is 1. The summed E-state index contributed by atoms with van der Waals surface area (Å²) in [6, 6.07) is 9.48. The second kappa shape index (κ2) is 5.18. The van der Waals surface area contributed by atoms with Crippen LogP contribution in [-0.4, -0.2) is 51.6 Å². The average Bonchev–Trinajstić information content (AvgIpc) is 3.13. The summed E-state index contributed by atoms with van der Waals surface area (Å²) in [6.07, 6.45) is 4.06. The minimum atomic E-state index is -0.839. The minimum absolute atomic E-state index is 0.0135. The molecule has 0 amide bonds. The molecular formula is C27H31NO4. The fraction of sp³-hybridized carbons (Fsp3) is 0.667. The molecule has 10 rings (SSSR count). The smallest absolute Gasteiger partial charge is 0.338 e. The van der Waals surface area contributed by atoms with Gasteiger partial charge in [0.25, 0.3) is 0 Å². The summed E-state index contributed by atoms with van der Waals surface area (Å²) in [5, 5.41) is 24.0. The van der Waals surface area contributed by atoms with E-state index in [2.05, 4.69) is 18.4 Å². The molecule has 0 aromatic heterocycles. The monoisotopic (exact) mass is 433 g/mol. The Morgan fingerprint density at radius 2 is 2.00 bits per heavy atom. The first kappa shape index (κ1) is 18.7. The standard InChI is InChI=1S/C27H31NO4/c1-14-16-11-17-20-25-10-6-9-24(2)13-28(20)27(31,23(24)25)12-26(17,19(25)18(16)29)21(14)32-22(30)15-7-4-3-5-8-15/h3-5,7-8,16-21,23,29,31H,1,6,9-13H2,2H3/t16-,17-,18+,19+,20-,21-,23-,24-,25+,26-,27-/m1/s1. The van der Waals surface area contributed by atoms with E-state index in [1.54, 1.807) is 12.1 Å². The number of esters is 1. The van der Waals surface area contributed by atoms with Crippen LogP contribution in [0.2, 0.25) is 0 Å². The van der Waals surface area contributed by atoms with Gasteiger partial charge in [-0.3, -0.25) is 4.90 Å². The first-order valence-corrected chi connectivity index (χ1v) is 12.4. The number of carbonyl (C=O) groups excluding carboxylic acids is 1. The first-order chi connectivity index (χ1) is 15.3. The Morgan fingerprint density at radius 1 is 1.22 bits per heavy atom. The minimum Gasteiger partial charge on any atom is -0.454 e. The fourth-order valence-corrected chi connectivity index (χ4v) is 11.5. The van der Waals surface area contributed by atoms with Crippen LogP contribution >= 0.6 is 0 Å². The maximum Gasteiger partial charge on any atom is 0.338 e. The summed E-state index contributed by atoms with van der Waals surface area (Å²) in [5.41, 5.74) is 0.245. The van der Waals surface area contributed by atoms with Crippen LogP contribution in [0.3, 0.4) is 0 Å². The molecule has 6 aliphatic carbocycles. The molecule has 5 nitrogen and oxygen atoms in total. The van der Waals surface area contributed by atoms with Crippen molar-refractivity contribution >= 4 is 5.97 Å². The van der Waals surface area contributed by atoms with Gasteiger partial charge in [-0.25, -0.2) is 4.79 Å². The summed E-state index contributed by atoms with van der Waals surface area (Å²) >= 11 is 0. The zero-order chi connectivity index (χ0) is 21.8. The summed E-state index contributed by atoms with van der Waals surface area (Å²) in [4.78, 5) is 15.6. The molecule has 12 atom stereocenters. The van der Waals surface area contributed by atoms with E-state index in [1.807, 2.05) is 18.2 Å². The summed E-state index contributed by atoms with van der Waals surface area (Å²) in [7, 11) is 0. The molecule has 6 saturated carbocycles. The number of rotatable bonds is 2. The second-order valence-corrected chi connectivity index (χ2v) is 12.4. The number of nitrogens with zero attached hydrogens (tertiary/aromatic N) is 1. The molecular weight excluding hydrogens is 402 g/mol. The van der Waals surface area contributed by atoms with Gasteiger partial charge in [0.05, 0.1) is 11.7 Å². The first-order valence-electron chi connectivity index (χ1n) is 12.4. The molecule has 1 aromatic rings. The molecule has 32 heavy (non-hydrogen) atoms. The zero-order valence-corrected chi connectivity index (χ0v) is 18.5. The van der Waals surface area contributed by atoms with Crippen LogP contribution in [0.5, 0.6) is 0 Å². The van der Waals surface area contributed by atoms with Gasteiger partial charge < -0.3 is 14.9 Å². The number of benzene rings is 1. The van der Waals surface area contributed by atoms with Crippen molar-refractivity contribution < 1.29 is 19.7 Å². The average molecular weight is 434 g/mol. The lowest BCUT2D eigenvalue weighted by atomic mass is 9.39. The van der Waals surface area contributed by atoms with E-state index in [0.717, 1.165) is 31.4 Å². The van der Waals surface area contributed by atoms with Crippen molar-refractivity contribution in [2.45, 2.75) is 63.0 Å². The van der Waals surface area contributed by atoms with Gasteiger partial charge in [-0.05, 0) is 53.7 Å². The molecule has 5 heteroatoms. The highest BCUT2D eigenvalue weighted by atomic mass is 16.5. The van der Waals surface area contributed by atoms with Crippen molar-refractivity contribution in [2.24, 2.45) is 39.9 Å². The largest absolute Gasteiger partial charge is 0.454 e. The predicted molar refractivity (Wildman–Crippen MR) is 116 cm³/mol. The van der Waals surface area contributed by atoms with E-state index in [9.17, 15) is 15.0 Å². The summed E-state index contributed by atoms with van der Waals surface area (Å²) < 4.78 is 6.31. The number of aliphatic hydroxyl groups is 2. The molecule has 2 N–H and O–H groups in total. The van der Waals surface area contributed by atoms with Crippen molar-refractivity contribution in [1.29, 1.82) is 0 Å². The zero-order valence-electron chi connectivity index (χ0n) is 18.5. The van der Waals surface area contributed by atoms with Gasteiger partial charge in [0.15, 0.2) is 0 Å². The molecule has 168 valence electrons. The Morgan fingerprint density at radius 3 is 2.78 bits per heavy atom. The molecule has 0 radical (unpaired) electrons. The third-order valence-corrected chi connectivity index (χ3v) is 11.6. The Kier molecular flexibility index (Phi) is 3.03. The summed E-state index contributed by atoms with van der Waals surface area (Å²) in [5.74, 6) is 0.325. The Labute approximate surface area is 188 Å². The van der Waals surface area contributed by atoms with Gasteiger partial charge in [-0.15, -0.1) is 0 Å². The Balaban J connectivity index is 1.30. The highest BCUT2D eigenvalue weighted by Gasteiger charge is 2.93. The van der Waals surface area contributed by atoms with E-state index >= 15 is 0 Å². The van der Waals surface area contributed by atoms with E-state index in [4.69, 9.17) is 4.74 Å². The van der Waals surface area contributed by atoms with Gasteiger partial charge in [-0.2, -0.15) is 0 Å². The molecule has 3 heterocycles. The van der Waals surface area contributed by atoms with Crippen molar-refractivity contribution in [3.63, 3.8) is 0 Å². The molecule has 1 unspecified atom stereocenters. The highest BCUT2D eigenvalue weighted by Crippen LogP contribution is 2.89. The van der Waals surface area contributed by atoms with E-state index in [0.29, 0.717) is 23.9 Å². The van der Waals surface area contributed by atoms with Crippen LogP contribution in [0.15, 0.2) is 42.5 Å². The highest BCUT2D eigenvalue weighted by molar-refractivity contribution is 5.89. The van der Waals surface area contributed by atoms with E-state index < -0.39 is 23.3 Å². The predicted octanol–water partition coefficient (Wildman–Crippen LogP) is 2.98. The number of aliphatic hydroxyl groups excluding tert-OH is 1. The van der Waals surface area contributed by atoms with Crippen molar-refractivity contribution in [1.82, 2.24) is 4.90 Å². The van der Waals surface area contributed by atoms with E-state index in [1.165, 1.54) is 6.42 Å². The van der Waals surface area contributed by atoms with Crippen molar-refractivity contribution in [3.05, 3.63) is 48.0 Å². The molecule has 3 aliphatic heterocycles. The van der Waals surface area contributed by atoms with Gasteiger partial charge in [0, 0.05) is 42.2 Å². The van der Waals surface area contributed by atoms with Crippen molar-refractivity contribution in [2.75, 3.05) is 6.54 Å². The third kappa shape index (κ3) is 1.59. The fourth-order valence-electron chi connectivity index (χ4n) is 11.5. The molecule has 2 spiro atoms. The van der Waals surface area contributed by atoms with E-state index in [-0.39, 0.29) is 34.6 Å². The molecule has 9 bridgehead atoms. The number of carbonyl (C=O) groups is 1. The van der Waals surface area contributed by atoms with Crippen molar-refractivity contribution in [3.8, 4) is 0 Å². The Bertz CT molecular complexity index is 1090. The number of hydrogen-bond acceptors (Lipinski definition) is 5. The molecule has 9 aliphatic rings. The maximum absolute atomic E-state index is 13.2. The van der Waals surface area contributed by atoms with Crippen LogP contribution < -0.4 is 0 Å². The molecule has 3 saturated heterocycles. The van der Waals surface area contributed by atoms with Gasteiger partial charge in [-0.1, -0.05) is 38.1 Å². The molecule has 9 fully saturated rings. The Hall–Kier alpha value is -1.69. The van der Waals surface area contributed by atoms with Crippen LogP contribution in [0.25, 0.3) is 0 Å². The van der Waals surface area contributed by atoms with Crippen LogP contribution in [0.1, 0.15) is 49.4 Å². The lowest BCUT2D eigenvalue weighted by Crippen LogP contribution is -2.72.